The molecule has 36 heavy (non-hydrogen) atoms. The first-order valence-electron chi connectivity index (χ1n) is 10.9. The number of amidine groups is 1. The van der Waals surface area contributed by atoms with Gasteiger partial charge in [0, 0.05) is 29.4 Å². The predicted molar refractivity (Wildman–Crippen MR) is 129 cm³/mol. The molecule has 1 aromatic carbocycles. The van der Waals surface area contributed by atoms with Gasteiger partial charge < -0.3 is 15.8 Å². The Bertz CT molecular complexity index is 1450. The molecule has 0 unspecified atom stereocenters. The lowest BCUT2D eigenvalue weighted by Gasteiger charge is -2.34. The molecule has 12 heteroatoms. The second-order valence-electron chi connectivity index (χ2n) is 8.79. The maximum absolute atomic E-state index is 15.1. The number of nitrogens with one attached hydrogen (secondary N) is 1. The van der Waals surface area contributed by atoms with E-state index in [-0.39, 0.29) is 34.7 Å². The molecule has 0 spiro atoms. The molecule has 0 bridgehead atoms. The quantitative estimate of drug-likeness (QED) is 0.365. The second kappa shape index (κ2) is 8.51. The van der Waals surface area contributed by atoms with Gasteiger partial charge in [0.05, 0.1) is 22.0 Å². The van der Waals surface area contributed by atoms with Crippen molar-refractivity contribution in [2.24, 2.45) is 22.6 Å². The van der Waals surface area contributed by atoms with Crippen LogP contribution in [-0.4, -0.2) is 37.9 Å². The minimum atomic E-state index is -2.71. The molecule has 1 saturated carbocycles. The lowest BCUT2D eigenvalue weighted by molar-refractivity contribution is 0.121. The van der Waals surface area contributed by atoms with Gasteiger partial charge in [0.2, 0.25) is 5.88 Å². The summed E-state index contributed by atoms with van der Waals surface area (Å²) in [6.07, 6.45) is 5.30. The summed E-state index contributed by atoms with van der Waals surface area (Å²) in [5.41, 5.74) is 5.12. The van der Waals surface area contributed by atoms with Gasteiger partial charge in [-0.25, -0.2) is 32.5 Å². The van der Waals surface area contributed by atoms with Gasteiger partial charge in [-0.05, 0) is 25.0 Å². The lowest BCUT2D eigenvalue weighted by atomic mass is 9.84. The standard InChI is InChI=1S/C24H20F4N6OS/c1-4-7-35-16-10-31-18-15(33-16)5-6-30-20(18)32-12-8-13(17(26)14(25)9-12)23(3)19-11(2)24(19,21(27)28)36-22(29)34-23/h1,5-6,8-11,19,21H,7H2,2-3H3,(H2,29,34)(H,30,32)/t11-,19-,23+,24-/m0/s1. The number of alkyl halides is 2. The zero-order valence-electron chi connectivity index (χ0n) is 19.1. The predicted octanol–water partition coefficient (Wildman–Crippen LogP) is 4.61. The smallest absolute Gasteiger partial charge is 0.254 e. The van der Waals surface area contributed by atoms with E-state index in [4.69, 9.17) is 16.9 Å². The second-order valence-corrected chi connectivity index (χ2v) is 10.1. The number of benzene rings is 1. The van der Waals surface area contributed by atoms with Gasteiger partial charge in [-0.15, -0.1) is 6.42 Å². The van der Waals surface area contributed by atoms with E-state index in [9.17, 15) is 13.2 Å². The van der Waals surface area contributed by atoms with Crippen LogP contribution in [0.2, 0.25) is 0 Å². The van der Waals surface area contributed by atoms with Crippen molar-refractivity contribution in [3.8, 4) is 18.2 Å². The monoisotopic (exact) mass is 516 g/mol. The van der Waals surface area contributed by atoms with Crippen molar-refractivity contribution in [3.05, 3.63) is 47.8 Å². The van der Waals surface area contributed by atoms with Crippen molar-refractivity contribution in [1.82, 2.24) is 15.0 Å². The van der Waals surface area contributed by atoms with Gasteiger partial charge >= 0.3 is 0 Å². The van der Waals surface area contributed by atoms with Crippen molar-refractivity contribution < 1.29 is 22.3 Å². The van der Waals surface area contributed by atoms with E-state index in [1.165, 1.54) is 25.4 Å². The molecule has 0 saturated heterocycles. The third kappa shape index (κ3) is 3.61. The number of aliphatic imine (C=N–C) groups is 1. The van der Waals surface area contributed by atoms with Crippen LogP contribution >= 0.6 is 11.8 Å². The molecule has 2 aliphatic rings. The molecule has 5 rings (SSSR count). The topological polar surface area (TPSA) is 98.3 Å². The first-order chi connectivity index (χ1) is 17.1. The minimum absolute atomic E-state index is 0.0186. The SMILES string of the molecule is C#CCOc1cnc2c(Nc3cc(F)c(F)c([C@@]4(C)N=C(N)S[C@]5(C(F)F)[C@H]4[C@@H]5C)c3)nccc2n1. The van der Waals surface area contributed by atoms with Crippen molar-refractivity contribution in [2.75, 3.05) is 11.9 Å². The van der Waals surface area contributed by atoms with Crippen LogP contribution in [0.25, 0.3) is 11.0 Å². The minimum Gasteiger partial charge on any atom is -0.463 e. The highest BCUT2D eigenvalue weighted by Gasteiger charge is 2.76. The van der Waals surface area contributed by atoms with E-state index in [0.29, 0.717) is 11.0 Å². The molecule has 3 heterocycles. The van der Waals surface area contributed by atoms with E-state index in [1.54, 1.807) is 13.0 Å². The number of thioether (sulfide) groups is 1. The molecular formula is C24H20F4N6OS. The summed E-state index contributed by atoms with van der Waals surface area (Å²) in [6, 6.07) is 3.89. The fourth-order valence-corrected chi connectivity index (χ4v) is 6.62. The van der Waals surface area contributed by atoms with Gasteiger partial charge in [0.15, 0.2) is 29.2 Å². The summed E-state index contributed by atoms with van der Waals surface area (Å²) in [5, 5.41) is 2.84. The number of anilines is 2. The highest BCUT2D eigenvalue weighted by atomic mass is 32.2. The molecular weight excluding hydrogens is 496 g/mol. The number of pyridine rings is 1. The Labute approximate surface area is 208 Å². The zero-order chi connectivity index (χ0) is 25.8. The molecule has 1 aliphatic carbocycles. The van der Waals surface area contributed by atoms with E-state index >= 15 is 4.39 Å². The molecule has 3 N–H and O–H groups in total. The number of fused-ring (bicyclic) bond motifs is 2. The summed E-state index contributed by atoms with van der Waals surface area (Å²) >= 11 is 0.800. The van der Waals surface area contributed by atoms with Crippen molar-refractivity contribution in [1.29, 1.82) is 0 Å². The van der Waals surface area contributed by atoms with E-state index in [0.717, 1.165) is 17.8 Å². The van der Waals surface area contributed by atoms with E-state index in [1.807, 2.05) is 0 Å². The molecule has 1 fully saturated rings. The summed E-state index contributed by atoms with van der Waals surface area (Å²) in [7, 11) is 0. The van der Waals surface area contributed by atoms with Crippen LogP contribution in [-0.2, 0) is 5.54 Å². The number of ether oxygens (including phenoxy) is 1. The molecule has 4 atom stereocenters. The first-order valence-corrected chi connectivity index (χ1v) is 11.7. The fourth-order valence-electron chi connectivity index (χ4n) is 5.12. The van der Waals surface area contributed by atoms with Crippen LogP contribution in [0.15, 0.2) is 35.6 Å². The van der Waals surface area contributed by atoms with Crippen LogP contribution in [0, 0.1) is 35.8 Å². The van der Waals surface area contributed by atoms with Gasteiger partial charge in [0.1, 0.15) is 5.52 Å². The van der Waals surface area contributed by atoms with E-state index in [2.05, 4.69) is 31.2 Å². The van der Waals surface area contributed by atoms with Gasteiger partial charge in [0.25, 0.3) is 6.43 Å². The Morgan fingerprint density at radius 1 is 1.31 bits per heavy atom. The summed E-state index contributed by atoms with van der Waals surface area (Å²) in [4.78, 5) is 17.2. The van der Waals surface area contributed by atoms with Gasteiger partial charge in [-0.2, -0.15) is 0 Å². The highest BCUT2D eigenvalue weighted by molar-refractivity contribution is 8.15. The molecule has 0 amide bonds. The first kappa shape index (κ1) is 24.1. The largest absolute Gasteiger partial charge is 0.463 e. The zero-order valence-corrected chi connectivity index (χ0v) is 19.9. The van der Waals surface area contributed by atoms with Crippen molar-refractivity contribution >= 4 is 39.5 Å². The maximum Gasteiger partial charge on any atom is 0.254 e. The third-order valence-corrected chi connectivity index (χ3v) is 8.19. The number of nitrogens with zero attached hydrogens (tertiary/aromatic N) is 4. The number of halogens is 4. The summed E-state index contributed by atoms with van der Waals surface area (Å²) < 4.78 is 61.9. The number of aromatic nitrogens is 3. The van der Waals surface area contributed by atoms with Crippen LogP contribution < -0.4 is 15.8 Å². The van der Waals surface area contributed by atoms with Gasteiger partial charge in [-0.3, -0.25) is 4.99 Å². The molecule has 0 radical (unpaired) electrons. The van der Waals surface area contributed by atoms with Crippen molar-refractivity contribution in [3.63, 3.8) is 0 Å². The molecule has 1 aliphatic heterocycles. The summed E-state index contributed by atoms with van der Waals surface area (Å²) in [6.45, 7) is 3.17. The molecule has 2 aromatic heterocycles. The van der Waals surface area contributed by atoms with Crippen LogP contribution in [0.4, 0.5) is 29.1 Å². The Balaban J connectivity index is 1.55. The fraction of sp³-hybridized carbons (Fsp3) is 0.333. The normalized spacial score (nSPS) is 26.8. The van der Waals surface area contributed by atoms with Gasteiger partial charge in [-0.1, -0.05) is 24.6 Å². The number of terminal acetylenes is 1. The number of hydrogen-bond acceptors (Lipinski definition) is 8. The Morgan fingerprint density at radius 2 is 2.08 bits per heavy atom. The Hall–Kier alpha value is -3.59. The number of nitrogens with two attached hydrogens (primary N) is 1. The average Bonchev–Trinajstić information content (AvgIpc) is 3.45. The average molecular weight is 517 g/mol. The Morgan fingerprint density at radius 3 is 2.81 bits per heavy atom. The third-order valence-electron chi connectivity index (χ3n) is 6.74. The molecule has 7 nitrogen and oxygen atoms in total. The molecule has 3 aromatic rings. The highest BCUT2D eigenvalue weighted by Crippen LogP contribution is 2.71. The van der Waals surface area contributed by atoms with Crippen LogP contribution in [0.5, 0.6) is 5.88 Å². The van der Waals surface area contributed by atoms with E-state index < -0.39 is 40.2 Å². The Kier molecular flexibility index (Phi) is 5.70. The van der Waals surface area contributed by atoms with Crippen LogP contribution in [0.1, 0.15) is 19.4 Å². The maximum atomic E-state index is 15.1. The molecule has 186 valence electrons. The van der Waals surface area contributed by atoms with Crippen LogP contribution in [0.3, 0.4) is 0 Å². The number of rotatable bonds is 6. The number of hydrogen-bond donors (Lipinski definition) is 2. The van der Waals surface area contributed by atoms with Crippen molar-refractivity contribution in [2.45, 2.75) is 30.6 Å². The summed E-state index contributed by atoms with van der Waals surface area (Å²) in [5.74, 6) is -0.835. The lowest BCUT2D eigenvalue weighted by Crippen LogP contribution is -2.39.